The van der Waals surface area contributed by atoms with Gasteiger partial charge in [0, 0.05) is 22.3 Å². The molecule has 19 heavy (non-hydrogen) atoms. The SMILES string of the molecule is CC(C)CNCc1c(F)cccc1SC1CCCC1. The summed E-state index contributed by atoms with van der Waals surface area (Å²) in [5.74, 6) is 0.525. The van der Waals surface area contributed by atoms with E-state index in [1.165, 1.54) is 25.7 Å². The Morgan fingerprint density at radius 3 is 2.74 bits per heavy atom. The molecule has 1 N–H and O–H groups in total. The van der Waals surface area contributed by atoms with Gasteiger partial charge < -0.3 is 5.32 Å². The maximum absolute atomic E-state index is 14.0. The summed E-state index contributed by atoms with van der Waals surface area (Å²) < 4.78 is 14.0. The predicted octanol–water partition coefficient (Wildman–Crippen LogP) is 4.61. The van der Waals surface area contributed by atoms with Crippen LogP contribution < -0.4 is 5.32 Å². The smallest absolute Gasteiger partial charge is 0.128 e. The zero-order chi connectivity index (χ0) is 13.7. The second kappa shape index (κ2) is 7.30. The molecule has 1 aliphatic carbocycles. The molecule has 0 spiro atoms. The first kappa shape index (κ1) is 14.9. The van der Waals surface area contributed by atoms with E-state index in [0.29, 0.717) is 17.7 Å². The minimum absolute atomic E-state index is 0.0701. The molecule has 0 saturated heterocycles. The Morgan fingerprint density at radius 2 is 2.05 bits per heavy atom. The van der Waals surface area contributed by atoms with Crippen molar-refractivity contribution in [3.05, 3.63) is 29.6 Å². The van der Waals surface area contributed by atoms with E-state index in [1.807, 2.05) is 17.8 Å². The fourth-order valence-electron chi connectivity index (χ4n) is 2.49. The topological polar surface area (TPSA) is 12.0 Å². The summed E-state index contributed by atoms with van der Waals surface area (Å²) in [5, 5.41) is 4.04. The van der Waals surface area contributed by atoms with Crippen molar-refractivity contribution in [2.24, 2.45) is 5.92 Å². The van der Waals surface area contributed by atoms with Crippen molar-refractivity contribution >= 4 is 11.8 Å². The highest BCUT2D eigenvalue weighted by atomic mass is 32.2. The van der Waals surface area contributed by atoms with Gasteiger partial charge in [0.1, 0.15) is 5.82 Å². The fourth-order valence-corrected chi connectivity index (χ4v) is 3.89. The maximum atomic E-state index is 14.0. The van der Waals surface area contributed by atoms with Crippen LogP contribution in [0.25, 0.3) is 0 Å². The minimum Gasteiger partial charge on any atom is -0.312 e. The number of hydrogen-bond donors (Lipinski definition) is 1. The van der Waals surface area contributed by atoms with E-state index in [-0.39, 0.29) is 5.82 Å². The number of halogens is 1. The van der Waals surface area contributed by atoms with Crippen LogP contribution in [0.1, 0.15) is 45.1 Å². The Morgan fingerprint density at radius 1 is 1.32 bits per heavy atom. The maximum Gasteiger partial charge on any atom is 0.128 e. The van der Waals surface area contributed by atoms with Gasteiger partial charge in [-0.2, -0.15) is 0 Å². The van der Waals surface area contributed by atoms with Gasteiger partial charge in [-0.1, -0.05) is 32.8 Å². The third-order valence-corrected chi connectivity index (χ3v) is 4.97. The zero-order valence-electron chi connectivity index (χ0n) is 11.9. The molecule has 0 radical (unpaired) electrons. The monoisotopic (exact) mass is 281 g/mol. The van der Waals surface area contributed by atoms with Gasteiger partial charge in [-0.3, -0.25) is 0 Å². The van der Waals surface area contributed by atoms with Crippen LogP contribution in [0, 0.1) is 11.7 Å². The molecule has 106 valence electrons. The lowest BCUT2D eigenvalue weighted by Gasteiger charge is -2.15. The molecular formula is C16H24FNS. The normalized spacial score (nSPS) is 16.4. The second-order valence-electron chi connectivity index (χ2n) is 5.77. The van der Waals surface area contributed by atoms with Crippen LogP contribution in [0.15, 0.2) is 23.1 Å². The number of thioether (sulfide) groups is 1. The molecule has 0 atom stereocenters. The van der Waals surface area contributed by atoms with E-state index >= 15 is 0 Å². The van der Waals surface area contributed by atoms with E-state index in [4.69, 9.17) is 0 Å². The first-order valence-corrected chi connectivity index (χ1v) is 8.19. The second-order valence-corrected chi connectivity index (χ2v) is 7.11. The Bertz CT molecular complexity index is 400. The largest absolute Gasteiger partial charge is 0.312 e. The van der Waals surface area contributed by atoms with E-state index in [2.05, 4.69) is 25.2 Å². The predicted molar refractivity (Wildman–Crippen MR) is 81.1 cm³/mol. The molecule has 0 heterocycles. The van der Waals surface area contributed by atoms with Crippen molar-refractivity contribution < 1.29 is 4.39 Å². The van der Waals surface area contributed by atoms with Gasteiger partial charge in [0.25, 0.3) is 0 Å². The van der Waals surface area contributed by atoms with Crippen LogP contribution in [-0.2, 0) is 6.54 Å². The van der Waals surface area contributed by atoms with E-state index in [0.717, 1.165) is 17.0 Å². The number of rotatable bonds is 6. The highest BCUT2D eigenvalue weighted by Crippen LogP contribution is 2.36. The van der Waals surface area contributed by atoms with Crippen molar-refractivity contribution in [1.82, 2.24) is 5.32 Å². The standard InChI is InChI=1S/C16H24FNS/c1-12(2)10-18-11-14-15(17)8-5-9-16(14)19-13-6-3-4-7-13/h5,8-9,12-13,18H,3-4,6-7,10-11H2,1-2H3. The quantitative estimate of drug-likeness (QED) is 0.817. The molecule has 1 saturated carbocycles. The molecule has 0 aliphatic heterocycles. The molecular weight excluding hydrogens is 257 g/mol. The highest BCUT2D eigenvalue weighted by Gasteiger charge is 2.18. The van der Waals surface area contributed by atoms with E-state index in [1.54, 1.807) is 6.07 Å². The summed E-state index contributed by atoms with van der Waals surface area (Å²) >= 11 is 1.87. The Balaban J connectivity index is 2.02. The Labute approximate surface area is 120 Å². The van der Waals surface area contributed by atoms with E-state index < -0.39 is 0 Å². The summed E-state index contributed by atoms with van der Waals surface area (Å²) in [6, 6.07) is 5.47. The lowest BCUT2D eigenvalue weighted by atomic mass is 10.2. The van der Waals surface area contributed by atoms with Crippen LogP contribution >= 0.6 is 11.8 Å². The third-order valence-electron chi connectivity index (χ3n) is 3.53. The van der Waals surface area contributed by atoms with Crippen molar-refractivity contribution in [2.75, 3.05) is 6.54 Å². The van der Waals surface area contributed by atoms with Crippen molar-refractivity contribution in [1.29, 1.82) is 0 Å². The first-order valence-electron chi connectivity index (χ1n) is 7.31. The van der Waals surface area contributed by atoms with Crippen LogP contribution in [-0.4, -0.2) is 11.8 Å². The van der Waals surface area contributed by atoms with Crippen LogP contribution in [0.5, 0.6) is 0 Å². The van der Waals surface area contributed by atoms with Gasteiger partial charge in [-0.05, 0) is 37.4 Å². The van der Waals surface area contributed by atoms with Gasteiger partial charge in [-0.15, -0.1) is 11.8 Å². The molecule has 0 bridgehead atoms. The number of nitrogens with one attached hydrogen (secondary N) is 1. The summed E-state index contributed by atoms with van der Waals surface area (Å²) in [4.78, 5) is 1.13. The molecule has 0 unspecified atom stereocenters. The van der Waals surface area contributed by atoms with E-state index in [9.17, 15) is 4.39 Å². The zero-order valence-corrected chi connectivity index (χ0v) is 12.7. The van der Waals surface area contributed by atoms with Crippen molar-refractivity contribution in [2.45, 2.75) is 56.2 Å². The lowest BCUT2D eigenvalue weighted by Crippen LogP contribution is -2.20. The van der Waals surface area contributed by atoms with Crippen LogP contribution in [0.3, 0.4) is 0 Å². The highest BCUT2D eigenvalue weighted by molar-refractivity contribution is 8.00. The van der Waals surface area contributed by atoms with Crippen molar-refractivity contribution in [3.8, 4) is 0 Å². The molecule has 0 amide bonds. The first-order chi connectivity index (χ1) is 9.16. The van der Waals surface area contributed by atoms with Gasteiger partial charge in [0.15, 0.2) is 0 Å². The minimum atomic E-state index is -0.0701. The summed E-state index contributed by atoms with van der Waals surface area (Å²) in [5.41, 5.74) is 0.847. The summed E-state index contributed by atoms with van der Waals surface area (Å²) in [6.07, 6.45) is 5.21. The molecule has 1 fully saturated rings. The average molecular weight is 281 g/mol. The summed E-state index contributed by atoms with van der Waals surface area (Å²) in [7, 11) is 0. The Hall–Kier alpha value is -0.540. The third kappa shape index (κ3) is 4.50. The molecule has 2 rings (SSSR count). The number of benzene rings is 1. The molecule has 1 nitrogen and oxygen atoms in total. The van der Waals surface area contributed by atoms with Gasteiger partial charge in [0.05, 0.1) is 0 Å². The molecule has 1 aliphatic rings. The lowest BCUT2D eigenvalue weighted by molar-refractivity contribution is 0.530. The van der Waals surface area contributed by atoms with Gasteiger partial charge in [0.2, 0.25) is 0 Å². The number of hydrogen-bond acceptors (Lipinski definition) is 2. The molecule has 3 heteroatoms. The Kier molecular flexibility index (Phi) is 5.71. The van der Waals surface area contributed by atoms with Gasteiger partial charge in [-0.25, -0.2) is 4.39 Å². The van der Waals surface area contributed by atoms with Gasteiger partial charge >= 0.3 is 0 Å². The van der Waals surface area contributed by atoms with Crippen molar-refractivity contribution in [3.63, 3.8) is 0 Å². The molecule has 0 aromatic heterocycles. The van der Waals surface area contributed by atoms with Crippen LogP contribution in [0.4, 0.5) is 4.39 Å². The molecule has 1 aromatic rings. The average Bonchev–Trinajstić information content (AvgIpc) is 2.85. The fraction of sp³-hybridized carbons (Fsp3) is 0.625. The van der Waals surface area contributed by atoms with Crippen LogP contribution in [0.2, 0.25) is 0 Å². The summed E-state index contributed by atoms with van der Waals surface area (Å²) in [6.45, 7) is 5.91. The molecule has 1 aromatic carbocycles.